The average molecular weight is 991 g/mol. The number of hydrogen-bond acceptors (Lipinski definition) is 10. The number of aliphatic hydroxyl groups excluding tert-OH is 1. The molecule has 2 fully saturated rings. The molecule has 10 heteroatoms. The molecule has 0 saturated heterocycles. The summed E-state index contributed by atoms with van der Waals surface area (Å²) in [5, 5.41) is 9.38. The van der Waals surface area contributed by atoms with Crippen molar-refractivity contribution in [3.05, 3.63) is 0 Å². The first kappa shape index (κ1) is 63.9. The van der Waals surface area contributed by atoms with E-state index in [4.69, 9.17) is 18.9 Å². The molecule has 2 saturated carbocycles. The number of unbranched alkanes of at least 4 members (excludes halogenated alkanes) is 21. The van der Waals surface area contributed by atoms with Crippen LogP contribution in [-0.2, 0) is 38.1 Å². The molecule has 70 heavy (non-hydrogen) atoms. The number of rotatable bonds is 46. The summed E-state index contributed by atoms with van der Waals surface area (Å²) in [6, 6.07) is 0. The molecule has 0 aromatic carbocycles. The maximum atomic E-state index is 13.3. The van der Waals surface area contributed by atoms with Gasteiger partial charge in [0.05, 0.1) is 11.8 Å². The molecule has 2 rings (SSSR count). The molecule has 0 bridgehead atoms. The van der Waals surface area contributed by atoms with Crippen molar-refractivity contribution >= 4 is 23.9 Å². The third kappa shape index (κ3) is 33.5. The predicted octanol–water partition coefficient (Wildman–Crippen LogP) is 15.7. The molecule has 0 heterocycles. The molecule has 0 radical (unpaired) electrons. The molecule has 2 unspecified atom stereocenters. The minimum atomic E-state index is -0.117. The normalized spacial score (nSPS) is 19.2. The van der Waals surface area contributed by atoms with Crippen molar-refractivity contribution in [3.8, 4) is 0 Å². The molecule has 0 aromatic rings. The Morgan fingerprint density at radius 3 is 0.971 bits per heavy atom. The second-order valence-electron chi connectivity index (χ2n) is 21.8. The van der Waals surface area contributed by atoms with E-state index in [2.05, 4.69) is 32.6 Å². The Morgan fingerprint density at radius 1 is 0.371 bits per heavy atom. The highest BCUT2D eigenvalue weighted by Crippen LogP contribution is 2.29. The van der Waals surface area contributed by atoms with Crippen LogP contribution in [0.1, 0.15) is 297 Å². The fourth-order valence-corrected chi connectivity index (χ4v) is 10.6. The van der Waals surface area contributed by atoms with Gasteiger partial charge in [-0.15, -0.1) is 0 Å². The second kappa shape index (κ2) is 44.3. The molecular weight excluding hydrogens is 879 g/mol. The molecule has 10 nitrogen and oxygen atoms in total. The lowest BCUT2D eigenvalue weighted by atomic mass is 9.93. The Kier molecular flexibility index (Phi) is 40.4. The molecule has 0 aliphatic heterocycles. The largest absolute Gasteiger partial charge is 0.462 e. The SMILES string of the molecule is CCCCCCCCC(CCCCCC)C(=O)OC1CCC(OC(=O)CCCCCN(CCCCO)CCCCCC(=O)OC2CCC(OC(=O)C(CCCCCC)CCCCCCCC)CC2)CC1. The van der Waals surface area contributed by atoms with Crippen LogP contribution >= 0.6 is 0 Å². The van der Waals surface area contributed by atoms with E-state index in [1.165, 1.54) is 103 Å². The molecule has 1 N–H and O–H groups in total. The number of carbonyl (C=O) groups is 4. The van der Waals surface area contributed by atoms with Crippen molar-refractivity contribution < 1.29 is 43.2 Å². The minimum absolute atomic E-state index is 0.00354. The van der Waals surface area contributed by atoms with Gasteiger partial charge in [0.1, 0.15) is 24.4 Å². The molecule has 410 valence electrons. The van der Waals surface area contributed by atoms with Crippen LogP contribution in [0.25, 0.3) is 0 Å². The fraction of sp³-hybridized carbons (Fsp3) is 0.933. The van der Waals surface area contributed by atoms with Gasteiger partial charge in [-0.25, -0.2) is 0 Å². The number of nitrogens with zero attached hydrogens (tertiary/aromatic N) is 1. The molecule has 0 spiro atoms. The van der Waals surface area contributed by atoms with E-state index in [0.29, 0.717) is 12.8 Å². The van der Waals surface area contributed by atoms with Gasteiger partial charge < -0.3 is 29.0 Å². The summed E-state index contributed by atoms with van der Waals surface area (Å²) in [6.45, 7) is 12.0. The number of hydrogen-bond donors (Lipinski definition) is 1. The molecular formula is C60H111NO9. The van der Waals surface area contributed by atoms with Crippen molar-refractivity contribution in [1.29, 1.82) is 0 Å². The summed E-state index contributed by atoms with van der Waals surface area (Å²) >= 11 is 0. The molecule has 2 atom stereocenters. The zero-order valence-corrected chi connectivity index (χ0v) is 46.2. The summed E-state index contributed by atoms with van der Waals surface area (Å²) < 4.78 is 23.9. The first-order chi connectivity index (χ1) is 34.2. The zero-order chi connectivity index (χ0) is 50.7. The van der Waals surface area contributed by atoms with Gasteiger partial charge in [0.2, 0.25) is 0 Å². The van der Waals surface area contributed by atoms with Crippen molar-refractivity contribution in [1.82, 2.24) is 4.90 Å². The van der Waals surface area contributed by atoms with Crippen molar-refractivity contribution in [3.63, 3.8) is 0 Å². The van der Waals surface area contributed by atoms with Crippen LogP contribution in [0.4, 0.5) is 0 Å². The fourth-order valence-electron chi connectivity index (χ4n) is 10.6. The highest BCUT2D eigenvalue weighted by atomic mass is 16.6. The molecule has 0 aromatic heterocycles. The lowest BCUT2D eigenvalue weighted by Crippen LogP contribution is -2.31. The van der Waals surface area contributed by atoms with Crippen LogP contribution in [-0.4, -0.2) is 84.5 Å². The van der Waals surface area contributed by atoms with E-state index in [1.54, 1.807) is 0 Å². The summed E-state index contributed by atoms with van der Waals surface area (Å²) in [5.41, 5.74) is 0. The quantitative estimate of drug-likeness (QED) is 0.0358. The van der Waals surface area contributed by atoms with Crippen LogP contribution in [0.15, 0.2) is 0 Å². The van der Waals surface area contributed by atoms with Gasteiger partial charge >= 0.3 is 23.9 Å². The maximum absolute atomic E-state index is 13.3. The summed E-state index contributed by atoms with van der Waals surface area (Å²) in [7, 11) is 0. The lowest BCUT2D eigenvalue weighted by Gasteiger charge is -2.29. The van der Waals surface area contributed by atoms with Crippen molar-refractivity contribution in [2.24, 2.45) is 11.8 Å². The van der Waals surface area contributed by atoms with Crippen LogP contribution in [0.5, 0.6) is 0 Å². The van der Waals surface area contributed by atoms with Gasteiger partial charge in [-0.1, -0.05) is 169 Å². The second-order valence-corrected chi connectivity index (χ2v) is 21.8. The number of ether oxygens (including phenoxy) is 4. The lowest BCUT2D eigenvalue weighted by molar-refractivity contribution is -0.161. The molecule has 2 aliphatic carbocycles. The predicted molar refractivity (Wildman–Crippen MR) is 287 cm³/mol. The molecule has 0 amide bonds. The van der Waals surface area contributed by atoms with E-state index in [9.17, 15) is 24.3 Å². The molecule has 2 aliphatic rings. The number of esters is 4. The third-order valence-corrected chi connectivity index (χ3v) is 15.3. The van der Waals surface area contributed by atoms with Crippen LogP contribution < -0.4 is 0 Å². The topological polar surface area (TPSA) is 129 Å². The highest BCUT2D eigenvalue weighted by Gasteiger charge is 2.30. The van der Waals surface area contributed by atoms with E-state index < -0.39 is 0 Å². The van der Waals surface area contributed by atoms with Gasteiger partial charge in [0.15, 0.2) is 0 Å². The average Bonchev–Trinajstić information content (AvgIpc) is 3.35. The van der Waals surface area contributed by atoms with E-state index >= 15 is 0 Å². The van der Waals surface area contributed by atoms with Crippen molar-refractivity contribution in [2.75, 3.05) is 26.2 Å². The number of aliphatic hydroxyl groups is 1. The summed E-state index contributed by atoms with van der Waals surface area (Å²) in [5.74, 6) is -0.212. The first-order valence-corrected chi connectivity index (χ1v) is 30.4. The van der Waals surface area contributed by atoms with Crippen LogP contribution in [0.3, 0.4) is 0 Å². The smallest absolute Gasteiger partial charge is 0.309 e. The Labute approximate surface area is 430 Å². The Hall–Kier alpha value is -2.20. The standard InChI is InChI=1S/C60H111NO9/c1-5-9-13-17-19-25-35-51(33-23-15-11-7-3)59(65)69-55-43-39-53(40-44-55)67-57(63)37-27-21-29-47-61(49-31-32-50-62)48-30-22-28-38-58(64)68-54-41-45-56(46-42-54)70-60(66)52(34-24-16-12-8-4)36-26-20-18-14-10-6-2/h51-56,62H,5-50H2,1-4H3. The van der Waals surface area contributed by atoms with Gasteiger partial charge in [-0.3, -0.25) is 19.2 Å². The number of carbonyl (C=O) groups excluding carboxylic acids is 4. The van der Waals surface area contributed by atoms with Crippen LogP contribution in [0, 0.1) is 11.8 Å². The minimum Gasteiger partial charge on any atom is -0.462 e. The van der Waals surface area contributed by atoms with Gasteiger partial charge in [0, 0.05) is 19.4 Å². The van der Waals surface area contributed by atoms with Gasteiger partial charge in [-0.2, -0.15) is 0 Å². The Balaban J connectivity index is 1.60. The Morgan fingerprint density at radius 2 is 0.643 bits per heavy atom. The monoisotopic (exact) mass is 990 g/mol. The zero-order valence-electron chi connectivity index (χ0n) is 46.2. The van der Waals surface area contributed by atoms with Gasteiger partial charge in [-0.05, 0) is 135 Å². The first-order valence-electron chi connectivity index (χ1n) is 30.4. The summed E-state index contributed by atoms with van der Waals surface area (Å²) in [6.07, 6.45) is 41.9. The highest BCUT2D eigenvalue weighted by molar-refractivity contribution is 5.73. The van der Waals surface area contributed by atoms with E-state index in [1.807, 2.05) is 0 Å². The third-order valence-electron chi connectivity index (χ3n) is 15.3. The van der Waals surface area contributed by atoms with Crippen molar-refractivity contribution in [2.45, 2.75) is 322 Å². The maximum Gasteiger partial charge on any atom is 0.309 e. The van der Waals surface area contributed by atoms with E-state index in [0.717, 1.165) is 174 Å². The Bertz CT molecular complexity index is 1170. The van der Waals surface area contributed by atoms with E-state index in [-0.39, 0.29) is 66.7 Å². The van der Waals surface area contributed by atoms with Gasteiger partial charge in [0.25, 0.3) is 0 Å². The van der Waals surface area contributed by atoms with Crippen LogP contribution in [0.2, 0.25) is 0 Å². The summed E-state index contributed by atoms with van der Waals surface area (Å²) in [4.78, 5) is 54.6.